The van der Waals surface area contributed by atoms with Gasteiger partial charge in [0.15, 0.2) is 5.11 Å². The summed E-state index contributed by atoms with van der Waals surface area (Å²) in [5, 5.41) is 2.98. The van der Waals surface area contributed by atoms with Crippen molar-refractivity contribution in [2.75, 3.05) is 20.3 Å². The van der Waals surface area contributed by atoms with Crippen LogP contribution < -0.4 is 11.1 Å². The highest BCUT2D eigenvalue weighted by Crippen LogP contribution is 2.44. The van der Waals surface area contributed by atoms with Crippen LogP contribution in [0, 0.1) is 17.8 Å². The van der Waals surface area contributed by atoms with Gasteiger partial charge in [-0.2, -0.15) is 0 Å². The molecule has 3 N–H and O–H groups in total. The Bertz CT molecular complexity index is 638. The Labute approximate surface area is 159 Å². The molecule has 0 aromatic carbocycles. The average molecular weight is 381 g/mol. The second-order valence-electron chi connectivity index (χ2n) is 6.62. The van der Waals surface area contributed by atoms with Gasteiger partial charge >= 0.3 is 11.9 Å². The molecule has 0 radical (unpaired) electrons. The van der Waals surface area contributed by atoms with Crippen molar-refractivity contribution in [3.8, 4) is 0 Å². The predicted octanol–water partition coefficient (Wildman–Crippen LogP) is 1.71. The highest BCUT2D eigenvalue weighted by molar-refractivity contribution is 7.80. The number of aliphatic imine (C=N–C) groups is 1. The summed E-state index contributed by atoms with van der Waals surface area (Å²) in [6.45, 7) is 4.02. The highest BCUT2D eigenvalue weighted by Gasteiger charge is 2.46. The first-order chi connectivity index (χ1) is 12.4. The Hall–Kier alpha value is -1.96. The average Bonchev–Trinajstić information content (AvgIpc) is 3.12. The standard InChI is InChI=1S/C18H27N3O4S/c1-4-25-17(23)15-12(9-20-18(19)26)21-10(2)13(16(22)24-3)14(15)11-7-5-6-8-11/h11,13-14H,4-9H2,1-3H3,(H3,19,20,26). The van der Waals surface area contributed by atoms with Crippen LogP contribution in [0.25, 0.3) is 0 Å². The van der Waals surface area contributed by atoms with Crippen molar-refractivity contribution in [3.05, 3.63) is 11.3 Å². The van der Waals surface area contributed by atoms with Crippen LogP contribution in [-0.4, -0.2) is 43.0 Å². The quantitative estimate of drug-likeness (QED) is 0.533. The van der Waals surface area contributed by atoms with Crippen LogP contribution in [0.5, 0.6) is 0 Å². The third kappa shape index (κ3) is 4.41. The summed E-state index contributed by atoms with van der Waals surface area (Å²) in [5.41, 5.74) is 7.16. The molecule has 2 rings (SSSR count). The van der Waals surface area contributed by atoms with E-state index in [9.17, 15) is 9.59 Å². The van der Waals surface area contributed by atoms with Crippen molar-refractivity contribution >= 4 is 35.0 Å². The Morgan fingerprint density at radius 1 is 1.35 bits per heavy atom. The van der Waals surface area contributed by atoms with Crippen LogP contribution in [0.2, 0.25) is 0 Å². The molecule has 144 valence electrons. The zero-order valence-corrected chi connectivity index (χ0v) is 16.4. The van der Waals surface area contributed by atoms with Crippen LogP contribution in [0.4, 0.5) is 0 Å². The molecule has 1 aliphatic carbocycles. The summed E-state index contributed by atoms with van der Waals surface area (Å²) in [6, 6.07) is 0. The van der Waals surface area contributed by atoms with E-state index in [2.05, 4.69) is 10.3 Å². The largest absolute Gasteiger partial charge is 0.468 e. The fourth-order valence-electron chi connectivity index (χ4n) is 4.00. The molecule has 0 aromatic rings. The Morgan fingerprint density at radius 3 is 2.54 bits per heavy atom. The van der Waals surface area contributed by atoms with Crippen LogP contribution in [0.3, 0.4) is 0 Å². The summed E-state index contributed by atoms with van der Waals surface area (Å²) in [6.07, 6.45) is 4.10. The summed E-state index contributed by atoms with van der Waals surface area (Å²) >= 11 is 4.87. The number of nitrogens with one attached hydrogen (secondary N) is 1. The van der Waals surface area contributed by atoms with Crippen LogP contribution in [0.15, 0.2) is 16.3 Å². The smallest absolute Gasteiger partial charge is 0.336 e. The van der Waals surface area contributed by atoms with Crippen molar-refractivity contribution in [3.63, 3.8) is 0 Å². The van der Waals surface area contributed by atoms with Crippen molar-refractivity contribution in [2.45, 2.75) is 39.5 Å². The van der Waals surface area contributed by atoms with E-state index < -0.39 is 11.9 Å². The van der Waals surface area contributed by atoms with Crippen LogP contribution >= 0.6 is 12.2 Å². The third-order valence-electron chi connectivity index (χ3n) is 5.05. The number of methoxy groups -OCH3 is 1. The molecule has 7 nitrogen and oxygen atoms in total. The van der Waals surface area contributed by atoms with Gasteiger partial charge in [-0.15, -0.1) is 0 Å². The lowest BCUT2D eigenvalue weighted by molar-refractivity contribution is -0.145. The van der Waals surface area contributed by atoms with E-state index in [0.717, 1.165) is 25.7 Å². The number of nitrogens with two attached hydrogens (primary N) is 1. The first-order valence-corrected chi connectivity index (χ1v) is 9.38. The summed E-state index contributed by atoms with van der Waals surface area (Å²) < 4.78 is 10.3. The first kappa shape index (κ1) is 20.4. The van der Waals surface area contributed by atoms with E-state index >= 15 is 0 Å². The number of ether oxygens (including phenoxy) is 2. The number of hydrogen-bond donors (Lipinski definition) is 2. The molecule has 0 spiro atoms. The predicted molar refractivity (Wildman–Crippen MR) is 103 cm³/mol. The molecule has 2 aliphatic rings. The molecule has 26 heavy (non-hydrogen) atoms. The van der Waals surface area contributed by atoms with Gasteiger partial charge in [0.25, 0.3) is 0 Å². The minimum Gasteiger partial charge on any atom is -0.468 e. The SMILES string of the molecule is CCOC(=O)C1=C(CNC(N)=S)N=C(C)C(C(=O)OC)C1C1CCCC1. The molecular formula is C18H27N3O4S. The minimum atomic E-state index is -0.573. The van der Waals surface area contributed by atoms with Crippen molar-refractivity contribution < 1.29 is 19.1 Å². The Morgan fingerprint density at radius 2 is 2.00 bits per heavy atom. The zero-order valence-electron chi connectivity index (χ0n) is 15.5. The van der Waals surface area contributed by atoms with Gasteiger partial charge < -0.3 is 20.5 Å². The molecule has 0 aromatic heterocycles. The van der Waals surface area contributed by atoms with Crippen molar-refractivity contribution in [2.24, 2.45) is 28.5 Å². The molecule has 1 heterocycles. The number of carbonyl (C=O) groups excluding carboxylic acids is 2. The third-order valence-corrected chi connectivity index (χ3v) is 5.20. The summed E-state index contributed by atoms with van der Waals surface area (Å²) in [4.78, 5) is 29.8. The van der Waals surface area contributed by atoms with Gasteiger partial charge in [0.1, 0.15) is 5.92 Å². The number of carbonyl (C=O) groups is 2. The van der Waals surface area contributed by atoms with Gasteiger partial charge in [-0.25, -0.2) is 4.79 Å². The zero-order chi connectivity index (χ0) is 19.3. The number of nitrogens with zero attached hydrogens (tertiary/aromatic N) is 1. The first-order valence-electron chi connectivity index (χ1n) is 8.97. The Kier molecular flexibility index (Phi) is 7.14. The number of thiocarbonyl (C=S) groups is 1. The summed E-state index contributed by atoms with van der Waals surface area (Å²) in [7, 11) is 1.36. The van der Waals surface area contributed by atoms with E-state index in [0.29, 0.717) is 17.0 Å². The molecular weight excluding hydrogens is 354 g/mol. The van der Waals surface area contributed by atoms with Gasteiger partial charge in [-0.1, -0.05) is 12.8 Å². The minimum absolute atomic E-state index is 0.126. The van der Waals surface area contributed by atoms with Gasteiger partial charge in [-0.3, -0.25) is 9.79 Å². The van der Waals surface area contributed by atoms with E-state index in [1.54, 1.807) is 13.8 Å². The maximum Gasteiger partial charge on any atom is 0.336 e. The number of esters is 2. The van der Waals surface area contributed by atoms with Crippen LogP contribution in [0.1, 0.15) is 39.5 Å². The molecule has 0 amide bonds. The van der Waals surface area contributed by atoms with Gasteiger partial charge in [0.2, 0.25) is 0 Å². The maximum atomic E-state index is 12.8. The monoisotopic (exact) mass is 381 g/mol. The molecule has 8 heteroatoms. The number of hydrogen-bond acceptors (Lipinski definition) is 6. The second-order valence-corrected chi connectivity index (χ2v) is 7.06. The van der Waals surface area contributed by atoms with E-state index in [-0.39, 0.29) is 36.1 Å². The van der Waals surface area contributed by atoms with E-state index in [1.807, 2.05) is 0 Å². The van der Waals surface area contributed by atoms with Gasteiger partial charge in [-0.05, 0) is 44.8 Å². The molecule has 0 bridgehead atoms. The molecule has 2 unspecified atom stereocenters. The fraction of sp³-hybridized carbons (Fsp3) is 0.667. The fourth-order valence-corrected chi connectivity index (χ4v) is 4.07. The Balaban J connectivity index is 2.53. The van der Waals surface area contributed by atoms with Crippen molar-refractivity contribution in [1.29, 1.82) is 0 Å². The highest BCUT2D eigenvalue weighted by atomic mass is 32.1. The van der Waals surface area contributed by atoms with E-state index in [4.69, 9.17) is 27.4 Å². The van der Waals surface area contributed by atoms with Gasteiger partial charge in [0.05, 0.1) is 31.5 Å². The number of rotatable bonds is 6. The van der Waals surface area contributed by atoms with Gasteiger partial charge in [0, 0.05) is 11.6 Å². The lowest BCUT2D eigenvalue weighted by Crippen LogP contribution is -2.42. The van der Waals surface area contributed by atoms with Crippen LogP contribution in [-0.2, 0) is 19.1 Å². The molecule has 0 saturated heterocycles. The second kappa shape index (κ2) is 9.12. The molecule has 1 aliphatic heterocycles. The van der Waals surface area contributed by atoms with E-state index in [1.165, 1.54) is 7.11 Å². The molecule has 2 atom stereocenters. The molecule has 1 fully saturated rings. The normalized spacial score (nSPS) is 23.4. The van der Waals surface area contributed by atoms with Crippen molar-refractivity contribution in [1.82, 2.24) is 5.32 Å². The lowest BCUT2D eigenvalue weighted by atomic mass is 9.71. The topological polar surface area (TPSA) is 103 Å². The molecule has 1 saturated carbocycles. The summed E-state index contributed by atoms with van der Waals surface area (Å²) in [5.74, 6) is -1.47. The maximum absolute atomic E-state index is 12.8. The lowest BCUT2D eigenvalue weighted by Gasteiger charge is -2.35.